The molecule has 0 aliphatic heterocycles. The molecule has 2 aromatic heterocycles. The zero-order valence-corrected chi connectivity index (χ0v) is 10.7. The fraction of sp³-hybridized carbons (Fsp3) is 0.308. The molecule has 0 saturated heterocycles. The van der Waals surface area contributed by atoms with Crippen molar-refractivity contribution in [3.8, 4) is 0 Å². The van der Waals surface area contributed by atoms with Crippen LogP contribution >= 0.6 is 11.3 Å². The molecule has 0 aromatic carbocycles. The number of aromatic nitrogens is 1. The Morgan fingerprint density at radius 2 is 2.29 bits per heavy atom. The average molecular weight is 247 g/mol. The molecule has 17 heavy (non-hydrogen) atoms. The van der Waals surface area contributed by atoms with Gasteiger partial charge in [0, 0.05) is 23.2 Å². The molecule has 0 fully saturated rings. The lowest BCUT2D eigenvalue weighted by atomic mass is 10.1. The van der Waals surface area contributed by atoms with Gasteiger partial charge in [-0.15, -0.1) is 11.3 Å². The maximum absolute atomic E-state index is 5.60. The molecule has 1 unspecified atom stereocenters. The van der Waals surface area contributed by atoms with Gasteiger partial charge in [-0.3, -0.25) is 16.3 Å². The summed E-state index contributed by atoms with van der Waals surface area (Å²) in [6.07, 6.45) is 3.79. The van der Waals surface area contributed by atoms with Crippen molar-refractivity contribution in [3.63, 3.8) is 0 Å². The first kappa shape index (κ1) is 12.2. The fourth-order valence-electron chi connectivity index (χ4n) is 1.73. The molecule has 0 aliphatic carbocycles. The lowest BCUT2D eigenvalue weighted by Gasteiger charge is -2.13. The van der Waals surface area contributed by atoms with E-state index < -0.39 is 0 Å². The largest absolute Gasteiger partial charge is 0.271 e. The number of hydrazine groups is 1. The standard InChI is InChI=1S/C13H17N3S/c1-2-10-5-6-11(15-9-10)8-12(16-14)13-4-3-7-17-13/h3-7,9,12,16H,2,8,14H2,1H3. The number of nitrogens with zero attached hydrogens (tertiary/aromatic N) is 1. The molecule has 0 amide bonds. The lowest BCUT2D eigenvalue weighted by molar-refractivity contribution is 0.554. The van der Waals surface area contributed by atoms with Crippen LogP contribution in [0.1, 0.15) is 29.1 Å². The van der Waals surface area contributed by atoms with Crippen LogP contribution in [0.3, 0.4) is 0 Å². The third-order valence-electron chi connectivity index (χ3n) is 2.80. The van der Waals surface area contributed by atoms with Crippen LogP contribution in [0.15, 0.2) is 35.8 Å². The first-order valence-corrected chi connectivity index (χ1v) is 6.64. The highest BCUT2D eigenvalue weighted by Gasteiger charge is 2.11. The van der Waals surface area contributed by atoms with Gasteiger partial charge in [0.2, 0.25) is 0 Å². The number of rotatable bonds is 5. The summed E-state index contributed by atoms with van der Waals surface area (Å²) in [7, 11) is 0. The van der Waals surface area contributed by atoms with Gasteiger partial charge in [-0.25, -0.2) is 0 Å². The molecular weight excluding hydrogens is 230 g/mol. The maximum atomic E-state index is 5.60. The summed E-state index contributed by atoms with van der Waals surface area (Å²) in [5.74, 6) is 5.60. The third kappa shape index (κ3) is 3.12. The minimum Gasteiger partial charge on any atom is -0.271 e. The van der Waals surface area contributed by atoms with Gasteiger partial charge in [0.1, 0.15) is 0 Å². The number of nitrogens with two attached hydrogens (primary N) is 1. The van der Waals surface area contributed by atoms with Gasteiger partial charge in [-0.2, -0.15) is 0 Å². The molecule has 1 atom stereocenters. The van der Waals surface area contributed by atoms with Crippen LogP contribution in [0.5, 0.6) is 0 Å². The first-order valence-electron chi connectivity index (χ1n) is 5.76. The smallest absolute Gasteiger partial charge is 0.0608 e. The Balaban J connectivity index is 2.07. The SMILES string of the molecule is CCc1ccc(CC(NN)c2cccs2)nc1. The molecule has 2 aromatic rings. The zero-order chi connectivity index (χ0) is 12.1. The zero-order valence-electron chi connectivity index (χ0n) is 9.89. The van der Waals surface area contributed by atoms with E-state index in [1.165, 1.54) is 10.4 Å². The minimum atomic E-state index is 0.148. The molecule has 2 heterocycles. The molecular formula is C13H17N3S. The summed E-state index contributed by atoms with van der Waals surface area (Å²) in [6, 6.07) is 8.49. The van der Waals surface area contributed by atoms with Gasteiger partial charge in [-0.1, -0.05) is 19.1 Å². The van der Waals surface area contributed by atoms with E-state index in [2.05, 4.69) is 40.9 Å². The Morgan fingerprint density at radius 3 is 2.82 bits per heavy atom. The van der Waals surface area contributed by atoms with Crippen molar-refractivity contribution < 1.29 is 0 Å². The summed E-state index contributed by atoms with van der Waals surface area (Å²) >= 11 is 1.71. The van der Waals surface area contributed by atoms with Gasteiger partial charge in [0.15, 0.2) is 0 Å². The maximum Gasteiger partial charge on any atom is 0.0608 e. The number of aryl methyl sites for hydroxylation is 1. The second-order valence-electron chi connectivity index (χ2n) is 3.95. The van der Waals surface area contributed by atoms with Gasteiger partial charge in [0.25, 0.3) is 0 Å². The Labute approximate surface area is 106 Å². The van der Waals surface area contributed by atoms with Gasteiger partial charge >= 0.3 is 0 Å². The predicted octanol–water partition coefficient (Wildman–Crippen LogP) is 2.45. The van der Waals surface area contributed by atoms with E-state index in [9.17, 15) is 0 Å². The van der Waals surface area contributed by atoms with Crippen LogP contribution in [-0.4, -0.2) is 4.98 Å². The third-order valence-corrected chi connectivity index (χ3v) is 3.78. The Morgan fingerprint density at radius 1 is 1.41 bits per heavy atom. The predicted molar refractivity (Wildman–Crippen MR) is 71.7 cm³/mol. The van der Waals surface area contributed by atoms with Crippen molar-refractivity contribution in [2.24, 2.45) is 5.84 Å². The summed E-state index contributed by atoms with van der Waals surface area (Å²) in [4.78, 5) is 5.70. The van der Waals surface area contributed by atoms with E-state index in [-0.39, 0.29) is 6.04 Å². The Bertz CT molecular complexity index is 436. The van der Waals surface area contributed by atoms with Gasteiger partial charge < -0.3 is 0 Å². The molecule has 0 saturated carbocycles. The van der Waals surface area contributed by atoms with Crippen LogP contribution in [0.4, 0.5) is 0 Å². The lowest BCUT2D eigenvalue weighted by Crippen LogP contribution is -2.29. The molecule has 4 heteroatoms. The molecule has 90 valence electrons. The van der Waals surface area contributed by atoms with Crippen LogP contribution in [0, 0.1) is 0 Å². The molecule has 0 aliphatic rings. The van der Waals surface area contributed by atoms with E-state index in [0.717, 1.165) is 18.5 Å². The van der Waals surface area contributed by atoms with Crippen LogP contribution < -0.4 is 11.3 Å². The highest BCUT2D eigenvalue weighted by Crippen LogP contribution is 2.21. The van der Waals surface area contributed by atoms with Gasteiger partial charge in [-0.05, 0) is 29.5 Å². The summed E-state index contributed by atoms with van der Waals surface area (Å²) in [5, 5.41) is 2.06. The second kappa shape index (κ2) is 5.91. The van der Waals surface area contributed by atoms with Crippen LogP contribution in [0.2, 0.25) is 0 Å². The van der Waals surface area contributed by atoms with E-state index in [0.29, 0.717) is 0 Å². The normalized spacial score (nSPS) is 12.6. The quantitative estimate of drug-likeness (QED) is 0.630. The molecule has 0 radical (unpaired) electrons. The topological polar surface area (TPSA) is 50.9 Å². The monoisotopic (exact) mass is 247 g/mol. The highest BCUT2D eigenvalue weighted by molar-refractivity contribution is 7.10. The molecule has 2 rings (SSSR count). The number of hydrogen-bond donors (Lipinski definition) is 2. The van der Waals surface area contributed by atoms with Crippen molar-refractivity contribution in [2.45, 2.75) is 25.8 Å². The van der Waals surface area contributed by atoms with E-state index in [4.69, 9.17) is 5.84 Å². The second-order valence-corrected chi connectivity index (χ2v) is 4.93. The molecule has 3 N–H and O–H groups in total. The van der Waals surface area contributed by atoms with Crippen molar-refractivity contribution >= 4 is 11.3 Å². The molecule has 3 nitrogen and oxygen atoms in total. The van der Waals surface area contributed by atoms with E-state index in [1.807, 2.05) is 12.3 Å². The van der Waals surface area contributed by atoms with Crippen molar-refractivity contribution in [2.75, 3.05) is 0 Å². The summed E-state index contributed by atoms with van der Waals surface area (Å²) in [5.41, 5.74) is 5.19. The Hall–Kier alpha value is -1.23. The van der Waals surface area contributed by atoms with Crippen molar-refractivity contribution in [3.05, 3.63) is 52.0 Å². The van der Waals surface area contributed by atoms with Crippen molar-refractivity contribution in [1.29, 1.82) is 0 Å². The molecule has 0 bridgehead atoms. The van der Waals surface area contributed by atoms with Crippen LogP contribution in [-0.2, 0) is 12.8 Å². The van der Waals surface area contributed by atoms with Crippen LogP contribution in [0.25, 0.3) is 0 Å². The highest BCUT2D eigenvalue weighted by atomic mass is 32.1. The molecule has 0 spiro atoms. The fourth-order valence-corrected chi connectivity index (χ4v) is 2.51. The van der Waals surface area contributed by atoms with Crippen molar-refractivity contribution in [1.82, 2.24) is 10.4 Å². The number of pyridine rings is 1. The Kier molecular flexibility index (Phi) is 4.25. The minimum absolute atomic E-state index is 0.148. The summed E-state index contributed by atoms with van der Waals surface area (Å²) in [6.45, 7) is 2.13. The first-order chi connectivity index (χ1) is 8.33. The van der Waals surface area contributed by atoms with E-state index in [1.54, 1.807) is 11.3 Å². The average Bonchev–Trinajstić information content (AvgIpc) is 2.90. The number of nitrogens with one attached hydrogen (secondary N) is 1. The number of hydrogen-bond acceptors (Lipinski definition) is 4. The number of thiophene rings is 1. The van der Waals surface area contributed by atoms with Gasteiger partial charge in [0.05, 0.1) is 6.04 Å². The summed E-state index contributed by atoms with van der Waals surface area (Å²) < 4.78 is 0. The van der Waals surface area contributed by atoms with E-state index >= 15 is 0 Å².